The first kappa shape index (κ1) is 12.9. The van der Waals surface area contributed by atoms with Crippen LogP contribution < -0.4 is 10.6 Å². The van der Waals surface area contributed by atoms with Crippen molar-refractivity contribution in [2.75, 3.05) is 0 Å². The maximum atomic E-state index is 11.3. The van der Waals surface area contributed by atoms with Gasteiger partial charge >= 0.3 is 5.97 Å². The van der Waals surface area contributed by atoms with Gasteiger partial charge in [0.15, 0.2) is 0 Å². The van der Waals surface area contributed by atoms with Crippen molar-refractivity contribution in [1.82, 2.24) is 10.6 Å². The predicted octanol–water partition coefficient (Wildman–Crippen LogP) is -0.0378. The summed E-state index contributed by atoms with van der Waals surface area (Å²) in [5, 5.41) is 14.0. The molecular weight excluding hydrogens is 184 g/mol. The van der Waals surface area contributed by atoms with E-state index in [9.17, 15) is 9.59 Å². The molecule has 5 nitrogen and oxygen atoms in total. The molecule has 0 aliphatic heterocycles. The predicted molar refractivity (Wildman–Crippen MR) is 53.0 cm³/mol. The number of hydrogen-bond donors (Lipinski definition) is 3. The highest BCUT2D eigenvalue weighted by Crippen LogP contribution is 1.89. The van der Waals surface area contributed by atoms with Gasteiger partial charge in [-0.1, -0.05) is 0 Å². The fraction of sp³-hybridized carbons (Fsp3) is 0.778. The summed E-state index contributed by atoms with van der Waals surface area (Å²) in [6, 6.07) is -1.15. The van der Waals surface area contributed by atoms with Crippen LogP contribution in [0.5, 0.6) is 0 Å². The van der Waals surface area contributed by atoms with E-state index in [1.54, 1.807) is 6.92 Å². The van der Waals surface area contributed by atoms with Gasteiger partial charge in [0, 0.05) is 6.04 Å². The number of carbonyl (C=O) groups excluding carboxylic acids is 1. The number of hydrogen-bond acceptors (Lipinski definition) is 3. The van der Waals surface area contributed by atoms with Crippen molar-refractivity contribution in [2.45, 2.75) is 45.8 Å². The van der Waals surface area contributed by atoms with E-state index in [4.69, 9.17) is 5.11 Å². The van der Waals surface area contributed by atoms with Gasteiger partial charge in [-0.2, -0.15) is 0 Å². The molecule has 0 aromatic rings. The molecule has 0 spiro atoms. The second kappa shape index (κ2) is 5.59. The average Bonchev–Trinajstić information content (AvgIpc) is 2.02. The third kappa shape index (κ3) is 4.81. The zero-order chi connectivity index (χ0) is 11.3. The maximum Gasteiger partial charge on any atom is 0.320 e. The molecule has 3 N–H and O–H groups in total. The van der Waals surface area contributed by atoms with Crippen LogP contribution in [0.2, 0.25) is 0 Å². The minimum atomic E-state index is -0.964. The van der Waals surface area contributed by atoms with Crippen molar-refractivity contribution in [2.24, 2.45) is 0 Å². The molecule has 1 amide bonds. The van der Waals surface area contributed by atoms with Crippen molar-refractivity contribution < 1.29 is 14.7 Å². The van der Waals surface area contributed by atoms with Crippen LogP contribution in [0.25, 0.3) is 0 Å². The molecule has 2 unspecified atom stereocenters. The number of carboxylic acid groups (broad SMARTS) is 1. The number of carboxylic acids is 1. The molecular formula is C9H18N2O3. The molecule has 0 aliphatic rings. The van der Waals surface area contributed by atoms with E-state index in [1.807, 2.05) is 13.8 Å². The summed E-state index contributed by atoms with van der Waals surface area (Å²) in [5.74, 6) is -1.15. The number of nitrogens with one attached hydrogen (secondary N) is 2. The summed E-state index contributed by atoms with van der Waals surface area (Å²) in [6.07, 6.45) is 0. The molecule has 0 saturated heterocycles. The van der Waals surface area contributed by atoms with E-state index in [-0.39, 0.29) is 11.9 Å². The van der Waals surface area contributed by atoms with Gasteiger partial charge in [0.05, 0.1) is 6.04 Å². The van der Waals surface area contributed by atoms with Gasteiger partial charge in [0.25, 0.3) is 0 Å². The van der Waals surface area contributed by atoms with Crippen LogP contribution in [0.3, 0.4) is 0 Å². The summed E-state index contributed by atoms with van der Waals surface area (Å²) in [7, 11) is 0. The molecule has 0 aromatic heterocycles. The lowest BCUT2D eigenvalue weighted by molar-refractivity contribution is -0.139. The van der Waals surface area contributed by atoms with E-state index in [2.05, 4.69) is 10.6 Å². The van der Waals surface area contributed by atoms with Crippen LogP contribution in [0.4, 0.5) is 0 Å². The number of rotatable bonds is 5. The van der Waals surface area contributed by atoms with Crippen LogP contribution in [-0.4, -0.2) is 35.1 Å². The van der Waals surface area contributed by atoms with Gasteiger partial charge in [0.1, 0.15) is 6.04 Å². The van der Waals surface area contributed by atoms with E-state index in [1.165, 1.54) is 6.92 Å². The van der Waals surface area contributed by atoms with Gasteiger partial charge in [-0.05, 0) is 27.7 Å². The van der Waals surface area contributed by atoms with Gasteiger partial charge in [-0.25, -0.2) is 0 Å². The molecule has 0 saturated carbocycles. The summed E-state index contributed by atoms with van der Waals surface area (Å²) in [6.45, 7) is 6.84. The highest BCUT2D eigenvalue weighted by atomic mass is 16.4. The normalized spacial score (nSPS) is 14.9. The molecule has 2 atom stereocenters. The number of aliphatic carboxylic acids is 1. The van der Waals surface area contributed by atoms with Gasteiger partial charge < -0.3 is 10.4 Å². The first-order valence-corrected chi connectivity index (χ1v) is 4.63. The lowest BCUT2D eigenvalue weighted by atomic mass is 10.2. The van der Waals surface area contributed by atoms with Gasteiger partial charge in [0.2, 0.25) is 5.91 Å². The largest absolute Gasteiger partial charge is 0.480 e. The molecule has 0 rings (SSSR count). The van der Waals surface area contributed by atoms with Crippen LogP contribution >= 0.6 is 0 Å². The summed E-state index contributed by atoms with van der Waals surface area (Å²) < 4.78 is 0. The quantitative estimate of drug-likeness (QED) is 0.584. The first-order valence-electron chi connectivity index (χ1n) is 4.63. The van der Waals surface area contributed by atoms with Crippen molar-refractivity contribution >= 4 is 11.9 Å². The van der Waals surface area contributed by atoms with Gasteiger partial charge in [-0.3, -0.25) is 14.9 Å². The van der Waals surface area contributed by atoms with Crippen molar-refractivity contribution in [3.63, 3.8) is 0 Å². The second-order valence-electron chi connectivity index (χ2n) is 3.61. The molecule has 5 heteroatoms. The Bertz CT molecular complexity index is 216. The molecule has 82 valence electrons. The second-order valence-corrected chi connectivity index (χ2v) is 3.61. The number of amides is 1. The molecule has 0 fully saturated rings. The SMILES string of the molecule is CC(C)NC(=O)C(C)NC(C)C(=O)O. The monoisotopic (exact) mass is 202 g/mol. The average molecular weight is 202 g/mol. The van der Waals surface area contributed by atoms with Gasteiger partial charge in [-0.15, -0.1) is 0 Å². The third-order valence-electron chi connectivity index (χ3n) is 1.69. The highest BCUT2D eigenvalue weighted by molar-refractivity contribution is 5.82. The Kier molecular flexibility index (Phi) is 5.15. The Balaban J connectivity index is 4.01. The third-order valence-corrected chi connectivity index (χ3v) is 1.69. The minimum Gasteiger partial charge on any atom is -0.480 e. The zero-order valence-corrected chi connectivity index (χ0v) is 9.00. The molecule has 0 aliphatic carbocycles. The summed E-state index contributed by atoms with van der Waals surface area (Å²) in [5.41, 5.74) is 0. The Morgan fingerprint density at radius 2 is 1.57 bits per heavy atom. The van der Waals surface area contributed by atoms with E-state index >= 15 is 0 Å². The Morgan fingerprint density at radius 1 is 1.07 bits per heavy atom. The fourth-order valence-electron chi connectivity index (χ4n) is 0.931. The number of carbonyl (C=O) groups is 2. The van der Waals surface area contributed by atoms with Crippen molar-refractivity contribution in [3.05, 3.63) is 0 Å². The zero-order valence-electron chi connectivity index (χ0n) is 9.00. The molecule has 0 aromatic carbocycles. The first-order chi connectivity index (χ1) is 6.34. The lowest BCUT2D eigenvalue weighted by Gasteiger charge is -2.18. The van der Waals surface area contributed by atoms with E-state index < -0.39 is 18.1 Å². The van der Waals surface area contributed by atoms with E-state index in [0.29, 0.717) is 0 Å². The minimum absolute atomic E-state index is 0.0619. The Labute approximate surface area is 83.9 Å². The summed E-state index contributed by atoms with van der Waals surface area (Å²) in [4.78, 5) is 21.8. The summed E-state index contributed by atoms with van der Waals surface area (Å²) >= 11 is 0. The van der Waals surface area contributed by atoms with Crippen LogP contribution in [-0.2, 0) is 9.59 Å². The van der Waals surface area contributed by atoms with Crippen molar-refractivity contribution in [1.29, 1.82) is 0 Å². The smallest absolute Gasteiger partial charge is 0.320 e. The Morgan fingerprint density at radius 3 is 1.93 bits per heavy atom. The van der Waals surface area contributed by atoms with E-state index in [0.717, 1.165) is 0 Å². The van der Waals surface area contributed by atoms with Crippen LogP contribution in [0.15, 0.2) is 0 Å². The standard InChI is InChI=1S/C9H18N2O3/c1-5(2)10-8(12)6(3)11-7(4)9(13)14/h5-7,11H,1-4H3,(H,10,12)(H,13,14). The fourth-order valence-corrected chi connectivity index (χ4v) is 0.931. The lowest BCUT2D eigenvalue weighted by Crippen LogP contribution is -2.49. The molecule has 0 heterocycles. The topological polar surface area (TPSA) is 78.4 Å². The molecule has 14 heavy (non-hydrogen) atoms. The highest BCUT2D eigenvalue weighted by Gasteiger charge is 2.19. The van der Waals surface area contributed by atoms with Crippen LogP contribution in [0, 0.1) is 0 Å². The Hall–Kier alpha value is -1.10. The maximum absolute atomic E-state index is 11.3. The van der Waals surface area contributed by atoms with Crippen molar-refractivity contribution in [3.8, 4) is 0 Å². The molecule has 0 bridgehead atoms. The molecule has 0 radical (unpaired) electrons. The van der Waals surface area contributed by atoms with Crippen LogP contribution in [0.1, 0.15) is 27.7 Å².